The number of nitrogens with one attached hydrogen (secondary N) is 1. The van der Waals surface area contributed by atoms with Gasteiger partial charge >= 0.3 is 0 Å². The second-order valence-electron chi connectivity index (χ2n) is 3.65. The molecule has 8 heteroatoms. The molecule has 2 heterocycles. The fourth-order valence-corrected chi connectivity index (χ4v) is 2.47. The van der Waals surface area contributed by atoms with Crippen LogP contribution in [0.4, 0.5) is 0 Å². The Hall–Kier alpha value is -0.660. The molecule has 0 radical (unpaired) electrons. The predicted octanol–water partition coefficient (Wildman–Crippen LogP) is 1.01. The van der Waals surface area contributed by atoms with E-state index < -0.39 is 9.05 Å². The maximum absolute atomic E-state index is 11.0. The molecular formula is C8H12ClN3O3S. The van der Waals surface area contributed by atoms with Gasteiger partial charge in [-0.05, 0) is 12.8 Å². The highest BCUT2D eigenvalue weighted by Gasteiger charge is 2.31. The SMILES string of the molecule is CCC1OCCC1c1nc(S(=O)(=O)Cl)n[nH]1. The second-order valence-corrected chi connectivity index (χ2v) is 6.11. The summed E-state index contributed by atoms with van der Waals surface area (Å²) in [5, 5.41) is 5.83. The van der Waals surface area contributed by atoms with Crippen LogP contribution in [0.25, 0.3) is 0 Å². The number of rotatable bonds is 3. The number of hydrogen-bond acceptors (Lipinski definition) is 5. The van der Waals surface area contributed by atoms with Crippen molar-refractivity contribution in [2.45, 2.75) is 36.9 Å². The van der Waals surface area contributed by atoms with E-state index in [0.29, 0.717) is 12.4 Å². The molecule has 2 unspecified atom stereocenters. The van der Waals surface area contributed by atoms with Crippen LogP contribution in [0.2, 0.25) is 0 Å². The quantitative estimate of drug-likeness (QED) is 0.825. The number of hydrogen-bond donors (Lipinski definition) is 1. The van der Waals surface area contributed by atoms with Crippen LogP contribution in [0, 0.1) is 0 Å². The third kappa shape index (κ3) is 2.21. The van der Waals surface area contributed by atoms with E-state index in [2.05, 4.69) is 15.2 Å². The van der Waals surface area contributed by atoms with E-state index in [-0.39, 0.29) is 17.2 Å². The van der Waals surface area contributed by atoms with Crippen LogP contribution in [0.5, 0.6) is 0 Å². The molecule has 1 aromatic heterocycles. The summed E-state index contributed by atoms with van der Waals surface area (Å²) >= 11 is 0. The topological polar surface area (TPSA) is 84.9 Å². The molecule has 0 bridgehead atoms. The van der Waals surface area contributed by atoms with Crippen molar-refractivity contribution in [3.63, 3.8) is 0 Å². The Balaban J connectivity index is 2.25. The van der Waals surface area contributed by atoms with E-state index in [1.165, 1.54) is 0 Å². The van der Waals surface area contributed by atoms with Crippen LogP contribution in [0.15, 0.2) is 5.16 Å². The summed E-state index contributed by atoms with van der Waals surface area (Å²) in [4.78, 5) is 3.90. The molecule has 1 saturated heterocycles. The number of nitrogens with zero attached hydrogens (tertiary/aromatic N) is 2. The summed E-state index contributed by atoms with van der Waals surface area (Å²) in [5.41, 5.74) is 0. The van der Waals surface area contributed by atoms with E-state index in [1.807, 2.05) is 6.92 Å². The molecule has 0 aromatic carbocycles. The van der Waals surface area contributed by atoms with E-state index in [9.17, 15) is 8.42 Å². The smallest absolute Gasteiger partial charge is 0.298 e. The van der Waals surface area contributed by atoms with Crippen LogP contribution in [-0.2, 0) is 13.8 Å². The van der Waals surface area contributed by atoms with E-state index in [4.69, 9.17) is 15.4 Å². The van der Waals surface area contributed by atoms with E-state index >= 15 is 0 Å². The average molecular weight is 266 g/mol. The maximum atomic E-state index is 11.0. The minimum absolute atomic E-state index is 0.0684. The Kier molecular flexibility index (Phi) is 3.18. The molecule has 1 aliphatic rings. The van der Waals surface area contributed by atoms with Gasteiger partial charge in [0.25, 0.3) is 14.2 Å². The van der Waals surface area contributed by atoms with Gasteiger partial charge in [0.1, 0.15) is 5.82 Å². The molecule has 1 N–H and O–H groups in total. The van der Waals surface area contributed by atoms with E-state index in [0.717, 1.165) is 12.8 Å². The molecule has 0 amide bonds. The minimum Gasteiger partial charge on any atom is -0.377 e. The van der Waals surface area contributed by atoms with Gasteiger partial charge in [-0.3, -0.25) is 5.10 Å². The first-order valence-corrected chi connectivity index (χ1v) is 7.32. The fraction of sp³-hybridized carbons (Fsp3) is 0.750. The molecule has 0 saturated carbocycles. The highest BCUT2D eigenvalue weighted by atomic mass is 35.7. The summed E-state index contributed by atoms with van der Waals surface area (Å²) in [6.45, 7) is 2.67. The zero-order valence-electron chi connectivity index (χ0n) is 8.68. The Bertz CT molecular complexity index is 473. The molecule has 90 valence electrons. The van der Waals surface area contributed by atoms with Crippen molar-refractivity contribution in [1.82, 2.24) is 15.2 Å². The lowest BCUT2D eigenvalue weighted by molar-refractivity contribution is 0.0994. The highest BCUT2D eigenvalue weighted by Crippen LogP contribution is 2.31. The Morgan fingerprint density at radius 2 is 2.38 bits per heavy atom. The molecule has 1 aliphatic heterocycles. The summed E-state index contributed by atoms with van der Waals surface area (Å²) in [7, 11) is 1.29. The van der Waals surface area contributed by atoms with Crippen molar-refractivity contribution in [1.29, 1.82) is 0 Å². The number of aromatic amines is 1. The average Bonchev–Trinajstić information content (AvgIpc) is 2.84. The van der Waals surface area contributed by atoms with Crippen molar-refractivity contribution in [2.75, 3.05) is 6.61 Å². The Labute approximate surface area is 97.8 Å². The molecule has 1 fully saturated rings. The van der Waals surface area contributed by atoms with Crippen LogP contribution in [0.3, 0.4) is 0 Å². The van der Waals surface area contributed by atoms with Gasteiger partial charge in [0.05, 0.1) is 6.10 Å². The zero-order chi connectivity index (χ0) is 11.8. The first-order chi connectivity index (χ1) is 7.52. The van der Waals surface area contributed by atoms with Crippen LogP contribution < -0.4 is 0 Å². The number of ether oxygens (including phenoxy) is 1. The molecule has 16 heavy (non-hydrogen) atoms. The number of aromatic nitrogens is 3. The van der Waals surface area contributed by atoms with Crippen molar-refractivity contribution in [3.8, 4) is 0 Å². The van der Waals surface area contributed by atoms with Gasteiger partial charge in [-0.15, -0.1) is 5.10 Å². The lowest BCUT2D eigenvalue weighted by Crippen LogP contribution is -2.14. The monoisotopic (exact) mass is 265 g/mol. The van der Waals surface area contributed by atoms with Gasteiger partial charge < -0.3 is 4.74 Å². The normalized spacial score (nSPS) is 26.1. The zero-order valence-corrected chi connectivity index (χ0v) is 10.3. The Morgan fingerprint density at radius 3 is 2.94 bits per heavy atom. The van der Waals surface area contributed by atoms with Crippen molar-refractivity contribution in [2.24, 2.45) is 0 Å². The third-order valence-corrected chi connectivity index (χ3v) is 3.70. The van der Waals surface area contributed by atoms with Crippen LogP contribution in [0.1, 0.15) is 31.5 Å². The summed E-state index contributed by atoms with van der Waals surface area (Å²) in [6.07, 6.45) is 1.74. The van der Waals surface area contributed by atoms with Gasteiger partial charge in [0, 0.05) is 23.2 Å². The molecule has 2 rings (SSSR count). The molecule has 2 atom stereocenters. The summed E-state index contributed by atoms with van der Waals surface area (Å²) < 4.78 is 27.5. The summed E-state index contributed by atoms with van der Waals surface area (Å²) in [6, 6.07) is 0. The largest absolute Gasteiger partial charge is 0.377 e. The molecule has 0 spiro atoms. The van der Waals surface area contributed by atoms with Crippen molar-refractivity contribution in [3.05, 3.63) is 5.82 Å². The number of H-pyrrole nitrogens is 1. The maximum Gasteiger partial charge on any atom is 0.298 e. The Morgan fingerprint density at radius 1 is 1.62 bits per heavy atom. The molecule has 0 aliphatic carbocycles. The first-order valence-electron chi connectivity index (χ1n) is 5.01. The molecular weight excluding hydrogens is 254 g/mol. The van der Waals surface area contributed by atoms with Crippen molar-refractivity contribution < 1.29 is 13.2 Å². The summed E-state index contributed by atoms with van der Waals surface area (Å²) in [5.74, 6) is 0.605. The third-order valence-electron chi connectivity index (χ3n) is 2.66. The van der Waals surface area contributed by atoms with Gasteiger partial charge in [-0.25, -0.2) is 13.4 Å². The second kappa shape index (κ2) is 4.31. The standard InChI is InChI=1S/C8H12ClN3O3S/c1-2-6-5(3-4-15-6)7-10-8(12-11-7)16(9,13)14/h5-6H,2-4H2,1H3,(H,10,11,12). The van der Waals surface area contributed by atoms with Crippen molar-refractivity contribution >= 4 is 19.7 Å². The lowest BCUT2D eigenvalue weighted by atomic mass is 9.99. The van der Waals surface area contributed by atoms with Crippen LogP contribution in [-0.4, -0.2) is 36.3 Å². The molecule has 1 aromatic rings. The highest BCUT2D eigenvalue weighted by molar-refractivity contribution is 8.13. The van der Waals surface area contributed by atoms with E-state index in [1.54, 1.807) is 0 Å². The first kappa shape index (κ1) is 11.8. The van der Waals surface area contributed by atoms with Crippen LogP contribution >= 0.6 is 10.7 Å². The van der Waals surface area contributed by atoms with Gasteiger partial charge in [-0.1, -0.05) is 6.92 Å². The number of halogens is 1. The van der Waals surface area contributed by atoms with Gasteiger partial charge in [-0.2, -0.15) is 0 Å². The van der Waals surface area contributed by atoms with Gasteiger partial charge in [0.2, 0.25) is 0 Å². The molecule has 6 nitrogen and oxygen atoms in total. The lowest BCUT2D eigenvalue weighted by Gasteiger charge is -2.13. The van der Waals surface area contributed by atoms with Gasteiger partial charge in [0.15, 0.2) is 0 Å². The fourth-order valence-electron chi connectivity index (χ4n) is 1.90. The predicted molar refractivity (Wildman–Crippen MR) is 56.8 cm³/mol. The minimum atomic E-state index is -3.86.